The first-order valence-corrected chi connectivity index (χ1v) is 7.91. The van der Waals surface area contributed by atoms with E-state index in [1.54, 1.807) is 18.4 Å². The number of rotatable bonds is 5. The summed E-state index contributed by atoms with van der Waals surface area (Å²) in [6, 6.07) is 3.93. The van der Waals surface area contributed by atoms with Gasteiger partial charge in [0.2, 0.25) is 0 Å². The van der Waals surface area contributed by atoms with Crippen LogP contribution in [-0.4, -0.2) is 20.8 Å². The minimum Gasteiger partial charge on any atom is -0.326 e. The second-order valence-corrected chi connectivity index (χ2v) is 6.41. The molecule has 0 aliphatic carbocycles. The molecule has 3 N–H and O–H groups in total. The van der Waals surface area contributed by atoms with E-state index in [-0.39, 0.29) is 11.3 Å². The Hall–Kier alpha value is -1.38. The van der Waals surface area contributed by atoms with Crippen molar-refractivity contribution in [1.29, 1.82) is 0 Å². The Balaban J connectivity index is 2.36. The van der Waals surface area contributed by atoms with Gasteiger partial charge in [0.15, 0.2) is 5.16 Å². The van der Waals surface area contributed by atoms with E-state index in [1.807, 2.05) is 24.4 Å². The van der Waals surface area contributed by atoms with Crippen LogP contribution in [0.4, 0.5) is 0 Å². The molecule has 0 aliphatic heterocycles. The largest absolute Gasteiger partial charge is 0.339 e. The van der Waals surface area contributed by atoms with Crippen LogP contribution < -0.4 is 16.9 Å². The van der Waals surface area contributed by atoms with E-state index in [4.69, 9.17) is 5.73 Å². The lowest BCUT2D eigenvalue weighted by Gasteiger charge is -2.21. The van der Waals surface area contributed by atoms with Gasteiger partial charge in [-0.25, -0.2) is 0 Å². The number of nitrogens with one attached hydrogen (secondary N) is 1. The standard InChI is InChI=1S/C12H16N4O2S2/c1-3-7(13)9(8-5-4-6-19-8)20-12-14-10(17)11(18)15-16(12)2/h4-7,9H,3,13H2,1-2H3,(H,15,18). The Morgan fingerprint density at radius 3 is 2.90 bits per heavy atom. The fraction of sp³-hybridized carbons (Fsp3) is 0.417. The van der Waals surface area contributed by atoms with Crippen LogP contribution in [0.1, 0.15) is 23.5 Å². The van der Waals surface area contributed by atoms with Crippen LogP contribution in [0.15, 0.2) is 32.3 Å². The van der Waals surface area contributed by atoms with Crippen molar-refractivity contribution in [3.63, 3.8) is 0 Å². The average molecular weight is 312 g/mol. The Morgan fingerprint density at radius 2 is 2.30 bits per heavy atom. The van der Waals surface area contributed by atoms with Gasteiger partial charge in [-0.05, 0) is 17.9 Å². The number of nitrogens with two attached hydrogens (primary N) is 1. The van der Waals surface area contributed by atoms with Gasteiger partial charge in [0.1, 0.15) is 0 Å². The zero-order chi connectivity index (χ0) is 14.7. The SMILES string of the molecule is CCC(N)C(Sc1nc(=O)c(=O)[nH]n1C)c1cccs1. The van der Waals surface area contributed by atoms with Crippen LogP contribution in [-0.2, 0) is 7.05 Å². The molecule has 2 aromatic heterocycles. The summed E-state index contributed by atoms with van der Waals surface area (Å²) in [5, 5.41) is 4.89. The summed E-state index contributed by atoms with van der Waals surface area (Å²) in [5.41, 5.74) is 4.68. The van der Waals surface area contributed by atoms with Crippen LogP contribution in [0.25, 0.3) is 0 Å². The summed E-state index contributed by atoms with van der Waals surface area (Å²) in [5.74, 6) is 0. The molecule has 0 bridgehead atoms. The van der Waals surface area contributed by atoms with Gasteiger partial charge >= 0.3 is 11.1 Å². The molecule has 2 rings (SSSR count). The molecule has 0 radical (unpaired) electrons. The maximum Gasteiger partial charge on any atom is 0.339 e. The van der Waals surface area contributed by atoms with Gasteiger partial charge in [-0.15, -0.1) is 11.3 Å². The number of H-pyrrole nitrogens is 1. The van der Waals surface area contributed by atoms with E-state index in [2.05, 4.69) is 10.1 Å². The molecule has 0 aromatic carbocycles. The molecule has 2 unspecified atom stereocenters. The number of nitrogens with zero attached hydrogens (tertiary/aromatic N) is 2. The number of aromatic amines is 1. The zero-order valence-corrected chi connectivity index (χ0v) is 12.8. The number of aryl methyl sites for hydroxylation is 1. The van der Waals surface area contributed by atoms with Gasteiger partial charge in [-0.2, -0.15) is 4.98 Å². The third-order valence-electron chi connectivity index (χ3n) is 2.86. The molecule has 6 nitrogen and oxygen atoms in total. The molecule has 0 spiro atoms. The van der Waals surface area contributed by atoms with Gasteiger partial charge in [0.05, 0.1) is 5.25 Å². The van der Waals surface area contributed by atoms with Gasteiger partial charge in [0, 0.05) is 18.0 Å². The second kappa shape index (κ2) is 6.38. The highest BCUT2D eigenvalue weighted by molar-refractivity contribution is 7.99. The fourth-order valence-electron chi connectivity index (χ4n) is 1.70. The van der Waals surface area contributed by atoms with Crippen LogP contribution >= 0.6 is 23.1 Å². The molecule has 0 saturated heterocycles. The number of hydrogen-bond acceptors (Lipinski definition) is 6. The van der Waals surface area contributed by atoms with Gasteiger partial charge in [0.25, 0.3) is 0 Å². The van der Waals surface area contributed by atoms with Crippen LogP contribution in [0.5, 0.6) is 0 Å². The highest BCUT2D eigenvalue weighted by Crippen LogP contribution is 2.38. The topological polar surface area (TPSA) is 93.8 Å². The molecule has 2 heterocycles. The van der Waals surface area contributed by atoms with E-state index < -0.39 is 11.1 Å². The summed E-state index contributed by atoms with van der Waals surface area (Å²) in [6.45, 7) is 2.02. The predicted molar refractivity (Wildman–Crippen MR) is 81.3 cm³/mol. The molecule has 0 saturated carbocycles. The summed E-state index contributed by atoms with van der Waals surface area (Å²) in [6.07, 6.45) is 0.812. The Kier molecular flexibility index (Phi) is 4.79. The second-order valence-electron chi connectivity index (χ2n) is 4.33. The number of thiophene rings is 1. The molecular formula is C12H16N4O2S2. The van der Waals surface area contributed by atoms with Crippen molar-refractivity contribution in [1.82, 2.24) is 14.8 Å². The van der Waals surface area contributed by atoms with Crippen molar-refractivity contribution in [2.75, 3.05) is 0 Å². The highest BCUT2D eigenvalue weighted by Gasteiger charge is 2.23. The Morgan fingerprint density at radius 1 is 1.55 bits per heavy atom. The quantitative estimate of drug-likeness (QED) is 0.637. The van der Waals surface area contributed by atoms with Gasteiger partial charge < -0.3 is 5.73 Å². The summed E-state index contributed by atoms with van der Waals surface area (Å²) < 4.78 is 1.46. The smallest absolute Gasteiger partial charge is 0.326 e. The van der Waals surface area contributed by atoms with Crippen LogP contribution in [0, 0.1) is 0 Å². The lowest BCUT2D eigenvalue weighted by Crippen LogP contribution is -2.34. The number of hydrogen-bond donors (Lipinski definition) is 2. The maximum atomic E-state index is 11.4. The number of aromatic nitrogens is 3. The van der Waals surface area contributed by atoms with Gasteiger partial charge in [-0.3, -0.25) is 19.4 Å². The highest BCUT2D eigenvalue weighted by atomic mass is 32.2. The monoisotopic (exact) mass is 312 g/mol. The molecule has 0 aliphatic rings. The summed E-state index contributed by atoms with van der Waals surface area (Å²) in [7, 11) is 1.65. The molecule has 0 amide bonds. The van der Waals surface area contributed by atoms with E-state index in [1.165, 1.54) is 16.4 Å². The molecule has 0 fully saturated rings. The maximum absolute atomic E-state index is 11.4. The Bertz CT molecular complexity index is 678. The van der Waals surface area contributed by atoms with E-state index >= 15 is 0 Å². The third kappa shape index (κ3) is 3.20. The van der Waals surface area contributed by atoms with Crippen molar-refractivity contribution in [3.8, 4) is 0 Å². The van der Waals surface area contributed by atoms with Crippen molar-refractivity contribution in [3.05, 3.63) is 43.1 Å². The van der Waals surface area contributed by atoms with Crippen molar-refractivity contribution < 1.29 is 0 Å². The minimum atomic E-state index is -0.777. The zero-order valence-electron chi connectivity index (χ0n) is 11.2. The molecule has 20 heavy (non-hydrogen) atoms. The van der Waals surface area contributed by atoms with E-state index in [9.17, 15) is 9.59 Å². The number of thioether (sulfide) groups is 1. The lowest BCUT2D eigenvalue weighted by molar-refractivity contribution is 0.587. The molecule has 8 heteroatoms. The first-order chi connectivity index (χ1) is 9.52. The normalized spacial score (nSPS) is 14.2. The van der Waals surface area contributed by atoms with Crippen molar-refractivity contribution in [2.45, 2.75) is 29.8 Å². The Labute approximate surface area is 124 Å². The van der Waals surface area contributed by atoms with Crippen LogP contribution in [0.2, 0.25) is 0 Å². The lowest BCUT2D eigenvalue weighted by atomic mass is 10.1. The molecular weight excluding hydrogens is 296 g/mol. The van der Waals surface area contributed by atoms with E-state index in [0.717, 1.165) is 11.3 Å². The first-order valence-electron chi connectivity index (χ1n) is 6.16. The molecule has 2 aromatic rings. The third-order valence-corrected chi connectivity index (χ3v) is 5.40. The fourth-order valence-corrected chi connectivity index (χ4v) is 3.92. The molecule has 2 atom stereocenters. The van der Waals surface area contributed by atoms with Crippen LogP contribution in [0.3, 0.4) is 0 Å². The summed E-state index contributed by atoms with van der Waals surface area (Å²) in [4.78, 5) is 27.5. The average Bonchev–Trinajstić information content (AvgIpc) is 2.94. The van der Waals surface area contributed by atoms with Gasteiger partial charge in [-0.1, -0.05) is 24.8 Å². The van der Waals surface area contributed by atoms with Crippen molar-refractivity contribution in [2.24, 2.45) is 12.8 Å². The van der Waals surface area contributed by atoms with Crippen molar-refractivity contribution >= 4 is 23.1 Å². The first kappa shape index (κ1) is 15.0. The summed E-state index contributed by atoms with van der Waals surface area (Å²) >= 11 is 3.01. The molecule has 108 valence electrons. The predicted octanol–water partition coefficient (Wildman–Crippen LogP) is 1.10. The van der Waals surface area contributed by atoms with E-state index in [0.29, 0.717) is 5.16 Å². The minimum absolute atomic E-state index is 0.00371.